The number of rotatable bonds is 5. The molecule has 0 unspecified atom stereocenters. The van der Waals surface area contributed by atoms with Crippen LogP contribution in [0, 0.1) is 0 Å². The van der Waals surface area contributed by atoms with Gasteiger partial charge in [-0.1, -0.05) is 36.0 Å². The second-order valence-corrected chi connectivity index (χ2v) is 6.98. The quantitative estimate of drug-likeness (QED) is 0.650. The van der Waals surface area contributed by atoms with Crippen molar-refractivity contribution >= 4 is 11.8 Å². The van der Waals surface area contributed by atoms with E-state index in [0.717, 1.165) is 41.1 Å². The fourth-order valence-corrected chi connectivity index (χ4v) is 3.96. The van der Waals surface area contributed by atoms with Gasteiger partial charge in [0.15, 0.2) is 11.0 Å². The summed E-state index contributed by atoms with van der Waals surface area (Å²) in [7, 11) is 0. The van der Waals surface area contributed by atoms with Crippen molar-refractivity contribution in [3.8, 4) is 17.2 Å². The Kier molecular flexibility index (Phi) is 5.09. The molecule has 5 nitrogen and oxygen atoms in total. The number of hydrogen-bond donors (Lipinski definition) is 0. The van der Waals surface area contributed by atoms with Gasteiger partial charge in [-0.25, -0.2) is 0 Å². The smallest absolute Gasteiger partial charge is 0.196 e. The molecule has 1 saturated heterocycles. The van der Waals surface area contributed by atoms with Gasteiger partial charge in [-0.05, 0) is 43.5 Å². The highest BCUT2D eigenvalue weighted by molar-refractivity contribution is 7.99. The van der Waals surface area contributed by atoms with Crippen molar-refractivity contribution in [2.75, 3.05) is 12.4 Å². The number of pyridine rings is 1. The third kappa shape index (κ3) is 3.75. The molecule has 1 atom stereocenters. The van der Waals surface area contributed by atoms with E-state index in [9.17, 15) is 0 Å². The third-order valence-electron chi connectivity index (χ3n) is 4.21. The van der Waals surface area contributed by atoms with Gasteiger partial charge in [-0.2, -0.15) is 0 Å². The average Bonchev–Trinajstić information content (AvgIpc) is 3.12. The Morgan fingerprint density at radius 3 is 2.68 bits per heavy atom. The van der Waals surface area contributed by atoms with Crippen molar-refractivity contribution in [3.05, 3.63) is 54.7 Å². The van der Waals surface area contributed by atoms with Crippen LogP contribution >= 0.6 is 11.8 Å². The second kappa shape index (κ2) is 7.80. The van der Waals surface area contributed by atoms with E-state index >= 15 is 0 Å². The molecule has 3 heterocycles. The molecular weight excluding hydrogens is 332 g/mol. The van der Waals surface area contributed by atoms with Gasteiger partial charge in [0, 0.05) is 24.2 Å². The highest BCUT2D eigenvalue weighted by Crippen LogP contribution is 2.28. The number of aromatic nitrogens is 4. The molecule has 0 bridgehead atoms. The maximum Gasteiger partial charge on any atom is 0.196 e. The monoisotopic (exact) mass is 352 g/mol. The largest absolute Gasteiger partial charge is 0.377 e. The molecule has 6 heteroatoms. The normalized spacial score (nSPS) is 17.5. The third-order valence-corrected chi connectivity index (χ3v) is 5.27. The summed E-state index contributed by atoms with van der Waals surface area (Å²) in [6.07, 6.45) is 5.63. The van der Waals surface area contributed by atoms with Crippen molar-refractivity contribution in [2.45, 2.75) is 30.5 Å². The molecule has 4 rings (SSSR count). The standard InChI is InChI=1S/C19H20N4OS/c1-2-8-15(9-3-1)23-18(17-11-4-6-12-20-17)21-22-19(23)25-14-16-10-5-7-13-24-16/h1-4,6,8-9,11-12,16H,5,7,10,13-14H2/t16-/m1/s1. The van der Waals surface area contributed by atoms with Crippen LogP contribution in [0.25, 0.3) is 17.2 Å². The Morgan fingerprint density at radius 1 is 1.04 bits per heavy atom. The van der Waals surface area contributed by atoms with Gasteiger partial charge in [-0.3, -0.25) is 9.55 Å². The van der Waals surface area contributed by atoms with E-state index in [1.54, 1.807) is 18.0 Å². The number of hydrogen-bond acceptors (Lipinski definition) is 5. The summed E-state index contributed by atoms with van der Waals surface area (Å²) >= 11 is 1.70. The Bertz CT molecular complexity index is 801. The zero-order valence-electron chi connectivity index (χ0n) is 13.9. The first kappa shape index (κ1) is 16.3. The van der Waals surface area contributed by atoms with Gasteiger partial charge in [0.25, 0.3) is 0 Å². The number of para-hydroxylation sites is 1. The lowest BCUT2D eigenvalue weighted by Gasteiger charge is -2.21. The van der Waals surface area contributed by atoms with Gasteiger partial charge >= 0.3 is 0 Å². The van der Waals surface area contributed by atoms with E-state index < -0.39 is 0 Å². The van der Waals surface area contributed by atoms with Crippen LogP contribution in [0.4, 0.5) is 0 Å². The van der Waals surface area contributed by atoms with E-state index in [-0.39, 0.29) is 0 Å². The fourth-order valence-electron chi connectivity index (χ4n) is 2.94. The van der Waals surface area contributed by atoms with Crippen LogP contribution in [0.3, 0.4) is 0 Å². The first-order valence-corrected chi connectivity index (χ1v) is 9.57. The van der Waals surface area contributed by atoms with Crippen molar-refractivity contribution in [1.29, 1.82) is 0 Å². The summed E-state index contributed by atoms with van der Waals surface area (Å²) in [6.45, 7) is 0.871. The minimum Gasteiger partial charge on any atom is -0.377 e. The van der Waals surface area contributed by atoms with E-state index in [1.807, 2.05) is 36.4 Å². The second-order valence-electron chi connectivity index (χ2n) is 5.99. The van der Waals surface area contributed by atoms with E-state index in [2.05, 4.69) is 31.9 Å². The van der Waals surface area contributed by atoms with Gasteiger partial charge in [0.1, 0.15) is 5.69 Å². The van der Waals surface area contributed by atoms with Crippen LogP contribution in [0.2, 0.25) is 0 Å². The predicted molar refractivity (Wildman–Crippen MR) is 98.9 cm³/mol. The topological polar surface area (TPSA) is 52.8 Å². The fraction of sp³-hybridized carbons (Fsp3) is 0.316. The molecule has 128 valence electrons. The minimum absolute atomic E-state index is 0.304. The maximum absolute atomic E-state index is 5.85. The average molecular weight is 352 g/mol. The van der Waals surface area contributed by atoms with E-state index in [0.29, 0.717) is 6.10 Å². The Balaban J connectivity index is 1.65. The van der Waals surface area contributed by atoms with Gasteiger partial charge < -0.3 is 4.74 Å². The highest BCUT2D eigenvalue weighted by atomic mass is 32.2. The first-order chi connectivity index (χ1) is 12.4. The van der Waals surface area contributed by atoms with Crippen LogP contribution in [-0.4, -0.2) is 38.2 Å². The zero-order valence-corrected chi connectivity index (χ0v) is 14.7. The molecule has 25 heavy (non-hydrogen) atoms. The molecular formula is C19H20N4OS. The molecule has 1 aliphatic rings. The molecule has 1 fully saturated rings. The van der Waals surface area contributed by atoms with Crippen LogP contribution in [0.5, 0.6) is 0 Å². The van der Waals surface area contributed by atoms with Crippen molar-refractivity contribution < 1.29 is 4.74 Å². The van der Waals surface area contributed by atoms with Crippen molar-refractivity contribution in [2.24, 2.45) is 0 Å². The number of benzene rings is 1. The lowest BCUT2D eigenvalue weighted by atomic mass is 10.1. The molecule has 1 aliphatic heterocycles. The number of nitrogens with zero attached hydrogens (tertiary/aromatic N) is 4. The predicted octanol–water partition coefficient (Wildman–Crippen LogP) is 3.99. The Morgan fingerprint density at radius 2 is 1.92 bits per heavy atom. The Hall–Kier alpha value is -2.18. The molecule has 1 aromatic carbocycles. The van der Waals surface area contributed by atoms with Crippen LogP contribution in [0.1, 0.15) is 19.3 Å². The summed E-state index contributed by atoms with van der Waals surface area (Å²) in [6, 6.07) is 16.0. The van der Waals surface area contributed by atoms with Gasteiger partial charge in [0.05, 0.1) is 6.10 Å². The van der Waals surface area contributed by atoms with Crippen LogP contribution in [0.15, 0.2) is 59.9 Å². The van der Waals surface area contributed by atoms with Crippen molar-refractivity contribution in [3.63, 3.8) is 0 Å². The molecule has 0 spiro atoms. The van der Waals surface area contributed by atoms with Crippen molar-refractivity contribution in [1.82, 2.24) is 19.7 Å². The molecule has 0 saturated carbocycles. The number of ether oxygens (including phenoxy) is 1. The maximum atomic E-state index is 5.85. The molecule has 2 aromatic heterocycles. The summed E-state index contributed by atoms with van der Waals surface area (Å²) in [5, 5.41) is 9.72. The molecule has 0 radical (unpaired) electrons. The first-order valence-electron chi connectivity index (χ1n) is 8.58. The van der Waals surface area contributed by atoms with Crippen LogP contribution < -0.4 is 0 Å². The molecule has 3 aromatic rings. The minimum atomic E-state index is 0.304. The lowest BCUT2D eigenvalue weighted by molar-refractivity contribution is 0.0315. The van der Waals surface area contributed by atoms with Gasteiger partial charge in [-0.15, -0.1) is 10.2 Å². The molecule has 0 amide bonds. The zero-order chi connectivity index (χ0) is 16.9. The van der Waals surface area contributed by atoms with E-state index in [1.165, 1.54) is 12.8 Å². The van der Waals surface area contributed by atoms with E-state index in [4.69, 9.17) is 4.74 Å². The SMILES string of the molecule is c1ccc(-n2c(SC[C@H]3CCCCO3)nnc2-c2ccccn2)cc1. The lowest BCUT2D eigenvalue weighted by Crippen LogP contribution is -2.21. The summed E-state index contributed by atoms with van der Waals surface area (Å²) in [4.78, 5) is 4.44. The highest BCUT2D eigenvalue weighted by Gasteiger charge is 2.20. The summed E-state index contributed by atoms with van der Waals surface area (Å²) in [5.41, 5.74) is 1.86. The summed E-state index contributed by atoms with van der Waals surface area (Å²) < 4.78 is 7.93. The number of thioether (sulfide) groups is 1. The van der Waals surface area contributed by atoms with Crippen LogP contribution in [-0.2, 0) is 4.74 Å². The Labute approximate surface area is 151 Å². The van der Waals surface area contributed by atoms with Gasteiger partial charge in [0.2, 0.25) is 0 Å². The molecule has 0 aliphatic carbocycles. The molecule has 0 N–H and O–H groups in total. The summed E-state index contributed by atoms with van der Waals surface area (Å²) in [5.74, 6) is 1.66.